The van der Waals surface area contributed by atoms with E-state index in [2.05, 4.69) is 4.67 Å². The van der Waals surface area contributed by atoms with E-state index in [0.29, 0.717) is 12.8 Å². The van der Waals surface area contributed by atoms with Crippen LogP contribution in [0.1, 0.15) is 40.5 Å². The van der Waals surface area contributed by atoms with Gasteiger partial charge in [-0.1, -0.05) is 4.99 Å². The van der Waals surface area contributed by atoms with E-state index < -0.39 is 25.4 Å². The fourth-order valence-corrected chi connectivity index (χ4v) is 2.60. The van der Waals surface area contributed by atoms with Gasteiger partial charge in [0.2, 0.25) is 0 Å². The molecule has 6 nitrogen and oxygen atoms in total. The van der Waals surface area contributed by atoms with Gasteiger partial charge < -0.3 is 5.11 Å². The monoisotopic (exact) mass is 252 g/mol. The first-order valence-corrected chi connectivity index (χ1v) is 6.27. The average molecular weight is 252 g/mol. The summed E-state index contributed by atoms with van der Waals surface area (Å²) in [5.74, 6) is 0. The Bertz CT molecular complexity index is 263. The molecule has 1 heterocycles. The van der Waals surface area contributed by atoms with Gasteiger partial charge in [-0.15, -0.1) is 9.96 Å². The van der Waals surface area contributed by atoms with Crippen molar-refractivity contribution in [3.63, 3.8) is 0 Å². The second-order valence-corrected chi connectivity index (χ2v) is 5.99. The summed E-state index contributed by atoms with van der Waals surface area (Å²) in [5.41, 5.74) is -0.932. The largest absolute Gasteiger partial charge is 0.727 e. The molecular weight excluding hydrogens is 233 g/mol. The third-order valence-corrected chi connectivity index (χ3v) is 2.94. The lowest BCUT2D eigenvalue weighted by Gasteiger charge is -2.50. The molecule has 0 spiro atoms. The summed E-state index contributed by atoms with van der Waals surface area (Å²) >= 11 is 0. The molecule has 0 aliphatic carbocycles. The smallest absolute Gasteiger partial charge is 0.393 e. The Morgan fingerprint density at radius 3 is 2.06 bits per heavy atom. The molecule has 0 amide bonds. The van der Waals surface area contributed by atoms with E-state index in [4.69, 9.17) is 9.88 Å². The molecule has 0 aromatic carbocycles. The van der Waals surface area contributed by atoms with Crippen LogP contribution in [0.4, 0.5) is 0 Å². The SMILES string of the molecule is CC1(C)CC(O)CC(C)(C)N1OO[P+](=O)O. The van der Waals surface area contributed by atoms with Gasteiger partial charge in [0.1, 0.15) is 0 Å². The molecule has 2 N–H and O–H groups in total. The van der Waals surface area contributed by atoms with E-state index in [1.165, 1.54) is 5.06 Å². The maximum absolute atomic E-state index is 10.5. The highest BCUT2D eigenvalue weighted by molar-refractivity contribution is 7.31. The Hall–Kier alpha value is -0.100. The van der Waals surface area contributed by atoms with Crippen LogP contribution in [-0.4, -0.2) is 32.2 Å². The Balaban J connectivity index is 2.80. The zero-order valence-corrected chi connectivity index (χ0v) is 10.9. The minimum absolute atomic E-state index is 0.410. The molecule has 1 aliphatic heterocycles. The van der Waals surface area contributed by atoms with Crippen LogP contribution in [-0.2, 0) is 14.2 Å². The van der Waals surface area contributed by atoms with Crippen molar-refractivity contribution < 1.29 is 24.2 Å². The molecule has 16 heavy (non-hydrogen) atoms. The van der Waals surface area contributed by atoms with Crippen molar-refractivity contribution in [2.45, 2.75) is 57.7 Å². The Labute approximate surface area is 96.0 Å². The van der Waals surface area contributed by atoms with Crippen LogP contribution >= 0.6 is 8.25 Å². The third kappa shape index (κ3) is 3.20. The van der Waals surface area contributed by atoms with Crippen molar-refractivity contribution in [3.05, 3.63) is 0 Å². The van der Waals surface area contributed by atoms with Crippen LogP contribution in [0.2, 0.25) is 0 Å². The van der Waals surface area contributed by atoms with E-state index in [1.807, 2.05) is 27.7 Å². The van der Waals surface area contributed by atoms with Gasteiger partial charge in [-0.25, -0.2) is 0 Å². The number of piperidine rings is 1. The number of aliphatic hydroxyl groups is 1. The predicted octanol–water partition coefficient (Wildman–Crippen LogP) is 1.51. The maximum Gasteiger partial charge on any atom is 0.727 e. The van der Waals surface area contributed by atoms with Crippen LogP contribution < -0.4 is 0 Å². The number of hydrogen-bond donors (Lipinski definition) is 2. The van der Waals surface area contributed by atoms with Gasteiger partial charge in [0.05, 0.1) is 10.8 Å². The standard InChI is InChI=1S/C9H18NO5P/c1-8(2)5-7(11)6-9(3,4)10(8)14-15-16(12)13/h7,11H,5-6H2,1-4H3/p+1. The van der Waals surface area contributed by atoms with Crippen molar-refractivity contribution in [1.82, 2.24) is 5.06 Å². The van der Waals surface area contributed by atoms with Crippen molar-refractivity contribution in [2.24, 2.45) is 0 Å². The minimum Gasteiger partial charge on any atom is -0.393 e. The van der Waals surface area contributed by atoms with Gasteiger partial charge in [0.15, 0.2) is 0 Å². The lowest BCUT2D eigenvalue weighted by atomic mass is 9.80. The van der Waals surface area contributed by atoms with Gasteiger partial charge in [0.25, 0.3) is 0 Å². The predicted molar refractivity (Wildman–Crippen MR) is 57.2 cm³/mol. The fraction of sp³-hybridized carbons (Fsp3) is 1.00. The van der Waals surface area contributed by atoms with Crippen LogP contribution in [0.15, 0.2) is 0 Å². The topological polar surface area (TPSA) is 79.2 Å². The van der Waals surface area contributed by atoms with Crippen molar-refractivity contribution in [1.29, 1.82) is 0 Å². The Morgan fingerprint density at radius 1 is 1.25 bits per heavy atom. The van der Waals surface area contributed by atoms with Gasteiger partial charge in [0, 0.05) is 15.6 Å². The molecule has 1 saturated heterocycles. The van der Waals surface area contributed by atoms with Gasteiger partial charge >= 0.3 is 8.25 Å². The molecule has 0 radical (unpaired) electrons. The third-order valence-electron chi connectivity index (χ3n) is 2.74. The summed E-state index contributed by atoms with van der Waals surface area (Å²) in [6.07, 6.45) is 0.622. The summed E-state index contributed by atoms with van der Waals surface area (Å²) in [6.45, 7) is 7.52. The first-order valence-electron chi connectivity index (χ1n) is 5.14. The second kappa shape index (κ2) is 4.64. The van der Waals surface area contributed by atoms with Crippen LogP contribution in [0, 0.1) is 0 Å². The van der Waals surface area contributed by atoms with E-state index in [1.54, 1.807) is 0 Å². The molecule has 0 bridgehead atoms. The maximum atomic E-state index is 10.5. The van der Waals surface area contributed by atoms with Crippen LogP contribution in [0.25, 0.3) is 0 Å². The number of nitrogens with zero attached hydrogens (tertiary/aromatic N) is 1. The summed E-state index contributed by atoms with van der Waals surface area (Å²) in [6, 6.07) is 0. The number of aliphatic hydroxyl groups excluding tert-OH is 1. The van der Waals surface area contributed by atoms with Crippen molar-refractivity contribution in [2.75, 3.05) is 0 Å². The molecule has 7 heteroatoms. The number of hydroxylamine groups is 2. The first-order chi connectivity index (χ1) is 7.15. The zero-order chi connectivity index (χ0) is 12.6. The Kier molecular flexibility index (Phi) is 4.05. The molecule has 0 aromatic heterocycles. The zero-order valence-electron chi connectivity index (χ0n) is 10.0. The molecule has 0 saturated carbocycles. The minimum atomic E-state index is -2.80. The molecule has 1 rings (SSSR count). The van der Waals surface area contributed by atoms with Gasteiger partial charge in [-0.2, -0.15) is 0 Å². The lowest BCUT2D eigenvalue weighted by Crippen LogP contribution is -2.61. The van der Waals surface area contributed by atoms with Crippen molar-refractivity contribution >= 4 is 8.25 Å². The summed E-state index contributed by atoms with van der Waals surface area (Å²) in [4.78, 5) is 13.5. The highest BCUT2D eigenvalue weighted by Gasteiger charge is 2.48. The van der Waals surface area contributed by atoms with Crippen molar-refractivity contribution in [3.8, 4) is 0 Å². The van der Waals surface area contributed by atoms with E-state index in [9.17, 15) is 9.67 Å². The molecule has 0 aromatic rings. The highest BCUT2D eigenvalue weighted by Crippen LogP contribution is 2.39. The fourth-order valence-electron chi connectivity index (χ4n) is 2.47. The summed E-state index contributed by atoms with van der Waals surface area (Å²) < 4.78 is 14.8. The molecular formula is C9H19NO5P+. The lowest BCUT2D eigenvalue weighted by molar-refractivity contribution is -0.434. The van der Waals surface area contributed by atoms with Gasteiger partial charge in [-0.05, 0) is 40.5 Å². The summed E-state index contributed by atoms with van der Waals surface area (Å²) in [5, 5.41) is 11.3. The second-order valence-electron chi connectivity index (χ2n) is 5.37. The quantitative estimate of drug-likeness (QED) is 0.450. The molecule has 1 atom stereocenters. The first kappa shape index (κ1) is 14.0. The highest BCUT2D eigenvalue weighted by atomic mass is 31.1. The Morgan fingerprint density at radius 2 is 1.69 bits per heavy atom. The van der Waals surface area contributed by atoms with Crippen LogP contribution in [0.3, 0.4) is 0 Å². The van der Waals surface area contributed by atoms with E-state index in [-0.39, 0.29) is 0 Å². The normalized spacial score (nSPS) is 26.8. The number of hydrogen-bond acceptors (Lipinski definition) is 5. The average Bonchev–Trinajstić information content (AvgIpc) is 1.96. The van der Waals surface area contributed by atoms with E-state index >= 15 is 0 Å². The molecule has 1 unspecified atom stereocenters. The molecule has 94 valence electrons. The summed E-state index contributed by atoms with van der Waals surface area (Å²) in [7, 11) is -2.80. The molecule has 1 aliphatic rings. The van der Waals surface area contributed by atoms with Gasteiger partial charge in [-0.3, -0.25) is 0 Å². The van der Waals surface area contributed by atoms with Crippen LogP contribution in [0.5, 0.6) is 0 Å². The number of rotatable bonds is 3. The molecule has 1 fully saturated rings. The van der Waals surface area contributed by atoms with E-state index in [0.717, 1.165) is 0 Å².